The van der Waals surface area contributed by atoms with Gasteiger partial charge in [0.15, 0.2) is 0 Å². The normalized spacial score (nSPS) is 22.7. The minimum atomic E-state index is -1.17. The average Bonchev–Trinajstić information content (AvgIpc) is 3.24. The average molecular weight is 500 g/mol. The van der Waals surface area contributed by atoms with Gasteiger partial charge in [-0.05, 0) is 23.6 Å². The van der Waals surface area contributed by atoms with Crippen LogP contribution in [-0.2, 0) is 32.2 Å². The van der Waals surface area contributed by atoms with Gasteiger partial charge in [-0.25, -0.2) is 0 Å². The van der Waals surface area contributed by atoms with Crippen LogP contribution in [-0.4, -0.2) is 36.0 Å². The van der Waals surface area contributed by atoms with E-state index < -0.39 is 29.4 Å². The van der Waals surface area contributed by atoms with E-state index in [0.717, 1.165) is 16.7 Å². The van der Waals surface area contributed by atoms with Gasteiger partial charge in [0, 0.05) is 31.8 Å². The van der Waals surface area contributed by atoms with E-state index in [1.807, 2.05) is 91.0 Å². The fraction of sp³-hybridized carbons (Fsp3) is 0.300. The van der Waals surface area contributed by atoms with E-state index in [1.165, 1.54) is 6.92 Å². The third-order valence-corrected chi connectivity index (χ3v) is 7.00. The maximum Gasteiger partial charge on any atom is 0.302 e. The molecule has 3 N–H and O–H groups in total. The van der Waals surface area contributed by atoms with Crippen LogP contribution in [0, 0.1) is 5.92 Å². The molecule has 2 amide bonds. The summed E-state index contributed by atoms with van der Waals surface area (Å²) in [5, 5.41) is 9.38. The molecule has 4 atom stereocenters. The van der Waals surface area contributed by atoms with Crippen molar-refractivity contribution < 1.29 is 19.1 Å². The molecule has 0 radical (unpaired) electrons. The Labute approximate surface area is 217 Å². The van der Waals surface area contributed by atoms with Crippen molar-refractivity contribution in [1.29, 1.82) is 0 Å². The van der Waals surface area contributed by atoms with Gasteiger partial charge in [0.25, 0.3) is 0 Å². The highest BCUT2D eigenvalue weighted by Gasteiger charge is 2.57. The first kappa shape index (κ1) is 26.1. The molecule has 3 aromatic carbocycles. The van der Waals surface area contributed by atoms with E-state index >= 15 is 0 Å². The smallest absolute Gasteiger partial charge is 0.302 e. The zero-order valence-corrected chi connectivity index (χ0v) is 21.1. The standard InChI is InChI=1S/C30H33N3O4/c1-21(34)37-20-25-26(24-16-10-5-11-17-24)27(28(35)31-18-22-12-6-3-7-13-22)33-30(25,2)29(36)32-19-23-14-8-4-9-15-23/h3-17,25-27,33H,18-20H2,1-2H3,(H,31,35)(H,32,36)/t25-,26-,27-,30+/m0/s1. The van der Waals surface area contributed by atoms with Crippen molar-refractivity contribution in [2.45, 2.75) is 44.4 Å². The van der Waals surface area contributed by atoms with Crippen LogP contribution in [0.5, 0.6) is 0 Å². The predicted octanol–water partition coefficient (Wildman–Crippen LogP) is 3.31. The number of amides is 2. The number of ether oxygens (including phenoxy) is 1. The van der Waals surface area contributed by atoms with E-state index in [1.54, 1.807) is 6.92 Å². The fourth-order valence-electron chi connectivity index (χ4n) is 5.01. The van der Waals surface area contributed by atoms with Crippen LogP contribution >= 0.6 is 0 Å². The van der Waals surface area contributed by atoms with Crippen molar-refractivity contribution >= 4 is 17.8 Å². The molecule has 7 nitrogen and oxygen atoms in total. The number of hydrogen-bond donors (Lipinski definition) is 3. The first-order valence-electron chi connectivity index (χ1n) is 12.5. The molecule has 0 bridgehead atoms. The van der Waals surface area contributed by atoms with Crippen molar-refractivity contribution in [2.75, 3.05) is 6.61 Å². The molecule has 1 heterocycles. The topological polar surface area (TPSA) is 96.5 Å². The molecule has 7 heteroatoms. The second-order valence-electron chi connectivity index (χ2n) is 9.54. The molecule has 3 aromatic rings. The Morgan fingerprint density at radius 2 is 1.32 bits per heavy atom. The minimum Gasteiger partial charge on any atom is -0.465 e. The molecular weight excluding hydrogens is 466 g/mol. The van der Waals surface area contributed by atoms with Crippen LogP contribution in [0.25, 0.3) is 0 Å². The lowest BCUT2D eigenvalue weighted by molar-refractivity contribution is -0.144. The Morgan fingerprint density at radius 1 is 0.811 bits per heavy atom. The highest BCUT2D eigenvalue weighted by Crippen LogP contribution is 2.43. The molecule has 4 rings (SSSR count). The number of carbonyl (C=O) groups is 3. The first-order valence-corrected chi connectivity index (χ1v) is 12.5. The summed E-state index contributed by atoms with van der Waals surface area (Å²) in [5.41, 5.74) is 1.67. The highest BCUT2D eigenvalue weighted by atomic mass is 16.5. The summed E-state index contributed by atoms with van der Waals surface area (Å²) in [6, 6.07) is 28.2. The van der Waals surface area contributed by atoms with Gasteiger partial charge >= 0.3 is 5.97 Å². The van der Waals surface area contributed by atoms with Gasteiger partial charge in [-0.1, -0.05) is 91.0 Å². The quantitative estimate of drug-likeness (QED) is 0.393. The summed E-state index contributed by atoms with van der Waals surface area (Å²) < 4.78 is 5.45. The zero-order chi connectivity index (χ0) is 26.3. The number of carbonyl (C=O) groups excluding carboxylic acids is 3. The van der Waals surface area contributed by atoms with E-state index in [-0.39, 0.29) is 18.4 Å². The zero-order valence-electron chi connectivity index (χ0n) is 21.1. The van der Waals surface area contributed by atoms with E-state index in [4.69, 9.17) is 4.74 Å². The molecule has 1 aliphatic heterocycles. The Morgan fingerprint density at radius 3 is 1.86 bits per heavy atom. The van der Waals surface area contributed by atoms with Crippen LogP contribution in [0.2, 0.25) is 0 Å². The second kappa shape index (κ2) is 11.8. The van der Waals surface area contributed by atoms with E-state index in [0.29, 0.717) is 13.1 Å². The molecule has 0 spiro atoms. The molecular formula is C30H33N3O4. The summed E-state index contributed by atoms with van der Waals surface area (Å²) >= 11 is 0. The van der Waals surface area contributed by atoms with Crippen molar-refractivity contribution in [3.8, 4) is 0 Å². The monoisotopic (exact) mass is 499 g/mol. The predicted molar refractivity (Wildman–Crippen MR) is 141 cm³/mol. The maximum absolute atomic E-state index is 13.7. The number of rotatable bonds is 9. The van der Waals surface area contributed by atoms with Crippen molar-refractivity contribution in [2.24, 2.45) is 5.92 Å². The summed E-state index contributed by atoms with van der Waals surface area (Å²) in [6.45, 7) is 3.83. The first-order chi connectivity index (χ1) is 17.9. The number of esters is 1. The Balaban J connectivity index is 1.63. The highest BCUT2D eigenvalue weighted by molar-refractivity contribution is 5.91. The Kier molecular flexibility index (Phi) is 8.36. The van der Waals surface area contributed by atoms with Gasteiger partial charge < -0.3 is 15.4 Å². The number of benzene rings is 3. The van der Waals surface area contributed by atoms with Crippen LogP contribution in [0.3, 0.4) is 0 Å². The molecule has 0 aromatic heterocycles. The van der Waals surface area contributed by atoms with Gasteiger partial charge in [0.05, 0.1) is 12.6 Å². The maximum atomic E-state index is 13.7. The molecule has 0 aliphatic carbocycles. The fourth-order valence-corrected chi connectivity index (χ4v) is 5.01. The number of hydrogen-bond acceptors (Lipinski definition) is 5. The third-order valence-electron chi connectivity index (χ3n) is 7.00. The minimum absolute atomic E-state index is 0.000380. The van der Waals surface area contributed by atoms with Gasteiger partial charge in [0.1, 0.15) is 5.54 Å². The second-order valence-corrected chi connectivity index (χ2v) is 9.54. The lowest BCUT2D eigenvalue weighted by Crippen LogP contribution is -2.58. The van der Waals surface area contributed by atoms with Crippen molar-refractivity contribution in [3.05, 3.63) is 108 Å². The summed E-state index contributed by atoms with van der Waals surface area (Å²) in [4.78, 5) is 39.0. The Hall–Kier alpha value is -3.97. The largest absolute Gasteiger partial charge is 0.465 e. The SMILES string of the molecule is CC(=O)OC[C@H]1[C@H](c2ccccc2)[C@@H](C(=O)NCc2ccccc2)N[C@@]1(C)C(=O)NCc1ccccc1. The summed E-state index contributed by atoms with van der Waals surface area (Å²) in [7, 11) is 0. The summed E-state index contributed by atoms with van der Waals surface area (Å²) in [6.07, 6.45) is 0. The molecule has 1 fully saturated rings. The molecule has 37 heavy (non-hydrogen) atoms. The van der Waals surface area contributed by atoms with Crippen LogP contribution in [0.15, 0.2) is 91.0 Å². The molecule has 0 unspecified atom stereocenters. The molecule has 192 valence electrons. The van der Waals surface area contributed by atoms with Gasteiger partial charge in [-0.2, -0.15) is 0 Å². The molecule has 1 saturated heterocycles. The molecule has 0 saturated carbocycles. The molecule has 1 aliphatic rings. The third kappa shape index (κ3) is 6.24. The Bertz CT molecular complexity index is 1200. The van der Waals surface area contributed by atoms with Crippen LogP contribution < -0.4 is 16.0 Å². The summed E-state index contributed by atoms with van der Waals surface area (Å²) in [5.74, 6) is -1.79. The lowest BCUT2D eigenvalue weighted by atomic mass is 9.76. The van der Waals surface area contributed by atoms with Crippen LogP contribution in [0.1, 0.15) is 36.5 Å². The number of nitrogens with one attached hydrogen (secondary N) is 3. The van der Waals surface area contributed by atoms with Crippen molar-refractivity contribution in [1.82, 2.24) is 16.0 Å². The van der Waals surface area contributed by atoms with Gasteiger partial charge in [-0.3, -0.25) is 19.7 Å². The van der Waals surface area contributed by atoms with Crippen molar-refractivity contribution in [3.63, 3.8) is 0 Å². The van der Waals surface area contributed by atoms with Crippen LogP contribution in [0.4, 0.5) is 0 Å². The van der Waals surface area contributed by atoms with Gasteiger partial charge in [0.2, 0.25) is 11.8 Å². The van der Waals surface area contributed by atoms with E-state index in [9.17, 15) is 14.4 Å². The van der Waals surface area contributed by atoms with E-state index in [2.05, 4.69) is 16.0 Å². The van der Waals surface area contributed by atoms with Gasteiger partial charge in [-0.15, -0.1) is 0 Å². The lowest BCUT2D eigenvalue weighted by Gasteiger charge is -2.32.